The second-order valence-electron chi connectivity index (χ2n) is 6.15. The predicted octanol–water partition coefficient (Wildman–Crippen LogP) is 1.76. The summed E-state index contributed by atoms with van der Waals surface area (Å²) in [6.07, 6.45) is 4.06. The molecule has 1 aromatic rings. The zero-order valence-electron chi connectivity index (χ0n) is 13.0. The maximum absolute atomic E-state index is 11.7. The highest BCUT2D eigenvalue weighted by molar-refractivity contribution is 7.88. The van der Waals surface area contributed by atoms with Gasteiger partial charge < -0.3 is 5.73 Å². The molecule has 0 spiro atoms. The summed E-state index contributed by atoms with van der Waals surface area (Å²) in [5, 5.41) is 0. The largest absolute Gasteiger partial charge is 0.324 e. The number of rotatable bonds is 4. The van der Waals surface area contributed by atoms with Gasteiger partial charge in [0.25, 0.3) is 0 Å². The molecular formula is C15H25N3O2S. The van der Waals surface area contributed by atoms with E-state index in [4.69, 9.17) is 5.73 Å². The highest BCUT2D eigenvalue weighted by Crippen LogP contribution is 2.27. The number of piperidine rings is 1. The number of pyridine rings is 1. The molecule has 0 bridgehead atoms. The van der Waals surface area contributed by atoms with Gasteiger partial charge in [0.05, 0.1) is 6.26 Å². The Kier molecular flexibility index (Phi) is 5.01. The topological polar surface area (TPSA) is 76.3 Å². The van der Waals surface area contributed by atoms with Crippen LogP contribution >= 0.6 is 0 Å². The first-order valence-electron chi connectivity index (χ1n) is 7.41. The number of nitrogens with two attached hydrogens (primary N) is 1. The van der Waals surface area contributed by atoms with Gasteiger partial charge in [-0.25, -0.2) is 12.7 Å². The van der Waals surface area contributed by atoms with Crippen molar-refractivity contribution in [3.05, 3.63) is 29.1 Å². The number of nitrogens with zero attached hydrogens (tertiary/aromatic N) is 2. The SMILES string of the molecule is Cc1cc(C(N)CC2CCCN(S(C)(=O)=O)C2)cc(C)n1. The van der Waals surface area contributed by atoms with Gasteiger partial charge in [-0.2, -0.15) is 0 Å². The molecule has 1 aliphatic rings. The van der Waals surface area contributed by atoms with E-state index in [-0.39, 0.29) is 6.04 Å². The van der Waals surface area contributed by atoms with Crippen LogP contribution in [0.3, 0.4) is 0 Å². The Bertz CT molecular complexity index is 581. The molecular weight excluding hydrogens is 286 g/mol. The summed E-state index contributed by atoms with van der Waals surface area (Å²) in [7, 11) is -3.09. The van der Waals surface area contributed by atoms with E-state index in [9.17, 15) is 8.42 Å². The Balaban J connectivity index is 2.03. The van der Waals surface area contributed by atoms with Gasteiger partial charge in [-0.3, -0.25) is 4.98 Å². The van der Waals surface area contributed by atoms with Crippen molar-refractivity contribution in [1.29, 1.82) is 0 Å². The average Bonchev–Trinajstić information content (AvgIpc) is 2.37. The summed E-state index contributed by atoms with van der Waals surface area (Å²) in [6, 6.07) is 3.99. The van der Waals surface area contributed by atoms with E-state index in [1.807, 2.05) is 26.0 Å². The molecule has 2 unspecified atom stereocenters. The summed E-state index contributed by atoms with van der Waals surface area (Å²) in [6.45, 7) is 5.16. The molecule has 2 atom stereocenters. The van der Waals surface area contributed by atoms with E-state index in [1.54, 1.807) is 4.31 Å². The van der Waals surface area contributed by atoms with Crippen LogP contribution in [-0.2, 0) is 10.0 Å². The summed E-state index contributed by atoms with van der Waals surface area (Å²) in [5.41, 5.74) is 9.36. The Morgan fingerprint density at radius 2 is 2.00 bits per heavy atom. The molecule has 2 heterocycles. The number of sulfonamides is 1. The first kappa shape index (κ1) is 16.4. The van der Waals surface area contributed by atoms with E-state index >= 15 is 0 Å². The van der Waals surface area contributed by atoms with Crippen LogP contribution < -0.4 is 5.73 Å². The lowest BCUT2D eigenvalue weighted by Gasteiger charge is -2.32. The molecule has 1 fully saturated rings. The quantitative estimate of drug-likeness (QED) is 0.919. The molecule has 5 nitrogen and oxygen atoms in total. The number of hydrogen-bond donors (Lipinski definition) is 1. The van der Waals surface area contributed by atoms with Crippen LogP contribution in [0.5, 0.6) is 0 Å². The van der Waals surface area contributed by atoms with Crippen LogP contribution in [0, 0.1) is 19.8 Å². The smallest absolute Gasteiger partial charge is 0.211 e. The van der Waals surface area contributed by atoms with Crippen molar-refractivity contribution in [2.75, 3.05) is 19.3 Å². The van der Waals surface area contributed by atoms with Crippen LogP contribution in [0.25, 0.3) is 0 Å². The molecule has 2 N–H and O–H groups in total. The second kappa shape index (κ2) is 6.42. The molecule has 0 aliphatic carbocycles. The van der Waals surface area contributed by atoms with Crippen molar-refractivity contribution in [2.45, 2.75) is 39.2 Å². The third-order valence-corrected chi connectivity index (χ3v) is 5.34. The van der Waals surface area contributed by atoms with E-state index < -0.39 is 10.0 Å². The van der Waals surface area contributed by atoms with Crippen molar-refractivity contribution < 1.29 is 8.42 Å². The minimum atomic E-state index is -3.09. The van der Waals surface area contributed by atoms with Gasteiger partial charge in [0, 0.05) is 30.5 Å². The van der Waals surface area contributed by atoms with E-state index in [0.717, 1.165) is 36.2 Å². The van der Waals surface area contributed by atoms with Crippen LogP contribution in [0.15, 0.2) is 12.1 Å². The maximum atomic E-state index is 11.7. The third-order valence-electron chi connectivity index (χ3n) is 4.07. The fraction of sp³-hybridized carbons (Fsp3) is 0.667. The molecule has 118 valence electrons. The van der Waals surface area contributed by atoms with Gasteiger partial charge >= 0.3 is 0 Å². The predicted molar refractivity (Wildman–Crippen MR) is 84.4 cm³/mol. The van der Waals surface area contributed by atoms with E-state index in [1.165, 1.54) is 6.26 Å². The van der Waals surface area contributed by atoms with Gasteiger partial charge in [-0.05, 0) is 56.7 Å². The summed E-state index contributed by atoms with van der Waals surface area (Å²) in [4.78, 5) is 4.36. The van der Waals surface area contributed by atoms with Crippen molar-refractivity contribution in [3.8, 4) is 0 Å². The van der Waals surface area contributed by atoms with Gasteiger partial charge in [-0.15, -0.1) is 0 Å². The van der Waals surface area contributed by atoms with Crippen LogP contribution in [0.1, 0.15) is 42.3 Å². The fourth-order valence-electron chi connectivity index (χ4n) is 3.10. The van der Waals surface area contributed by atoms with Crippen molar-refractivity contribution in [2.24, 2.45) is 11.7 Å². The monoisotopic (exact) mass is 311 g/mol. The normalized spacial score (nSPS) is 22.2. The summed E-state index contributed by atoms with van der Waals surface area (Å²) < 4.78 is 24.9. The highest BCUT2D eigenvalue weighted by Gasteiger charge is 2.27. The molecule has 1 aliphatic heterocycles. The Hall–Kier alpha value is -0.980. The van der Waals surface area contributed by atoms with E-state index in [2.05, 4.69) is 4.98 Å². The number of aromatic nitrogens is 1. The zero-order chi connectivity index (χ0) is 15.6. The summed E-state index contributed by atoms with van der Waals surface area (Å²) in [5.74, 6) is 0.331. The minimum absolute atomic E-state index is 0.0603. The average molecular weight is 311 g/mol. The lowest BCUT2D eigenvalue weighted by Crippen LogP contribution is -2.40. The van der Waals surface area contributed by atoms with Crippen LogP contribution in [0.2, 0.25) is 0 Å². The van der Waals surface area contributed by atoms with Gasteiger partial charge in [-0.1, -0.05) is 0 Å². The van der Waals surface area contributed by atoms with Crippen molar-refractivity contribution >= 4 is 10.0 Å². The lowest BCUT2D eigenvalue weighted by atomic mass is 9.90. The highest BCUT2D eigenvalue weighted by atomic mass is 32.2. The Labute approximate surface area is 127 Å². The molecule has 2 rings (SSSR count). The van der Waals surface area contributed by atoms with E-state index in [0.29, 0.717) is 19.0 Å². The van der Waals surface area contributed by atoms with Crippen molar-refractivity contribution in [1.82, 2.24) is 9.29 Å². The molecule has 0 radical (unpaired) electrons. The minimum Gasteiger partial charge on any atom is -0.324 e. The summed E-state index contributed by atoms with van der Waals surface area (Å²) >= 11 is 0. The first-order chi connectivity index (χ1) is 9.75. The number of hydrogen-bond acceptors (Lipinski definition) is 4. The van der Waals surface area contributed by atoms with Gasteiger partial charge in [0.1, 0.15) is 0 Å². The molecule has 1 aromatic heterocycles. The zero-order valence-corrected chi connectivity index (χ0v) is 13.9. The molecule has 0 saturated carbocycles. The van der Waals surface area contributed by atoms with Crippen LogP contribution in [-0.4, -0.2) is 37.1 Å². The van der Waals surface area contributed by atoms with Gasteiger partial charge in [0.15, 0.2) is 0 Å². The lowest BCUT2D eigenvalue weighted by molar-refractivity contribution is 0.247. The number of aryl methyl sites for hydroxylation is 2. The maximum Gasteiger partial charge on any atom is 0.211 e. The Morgan fingerprint density at radius 3 is 2.57 bits per heavy atom. The first-order valence-corrected chi connectivity index (χ1v) is 9.26. The molecule has 0 aromatic carbocycles. The Morgan fingerprint density at radius 1 is 1.38 bits per heavy atom. The fourth-order valence-corrected chi connectivity index (χ4v) is 4.04. The standard InChI is InChI=1S/C15H25N3O2S/c1-11-7-14(8-12(2)17-11)15(16)9-13-5-4-6-18(10-13)21(3,19)20/h7-8,13,15H,4-6,9-10,16H2,1-3H3. The van der Waals surface area contributed by atoms with Crippen LogP contribution in [0.4, 0.5) is 0 Å². The molecule has 1 saturated heterocycles. The molecule has 6 heteroatoms. The molecule has 0 amide bonds. The van der Waals surface area contributed by atoms with Crippen molar-refractivity contribution in [3.63, 3.8) is 0 Å². The third kappa shape index (κ3) is 4.49. The van der Waals surface area contributed by atoms with Gasteiger partial charge in [0.2, 0.25) is 10.0 Å². The second-order valence-corrected chi connectivity index (χ2v) is 8.14. The molecule has 21 heavy (non-hydrogen) atoms.